The van der Waals surface area contributed by atoms with Gasteiger partial charge in [-0.25, -0.2) is 17.1 Å². The van der Waals surface area contributed by atoms with Gasteiger partial charge in [0.05, 0.1) is 12.8 Å². The van der Waals surface area contributed by atoms with E-state index in [2.05, 4.69) is 15.6 Å². The summed E-state index contributed by atoms with van der Waals surface area (Å²) in [6, 6.07) is 6.59. The Morgan fingerprint density at radius 1 is 1.25 bits per heavy atom. The molecule has 6 nitrogen and oxygen atoms in total. The Morgan fingerprint density at radius 3 is 2.46 bits per heavy atom. The van der Waals surface area contributed by atoms with Crippen molar-refractivity contribution in [3.05, 3.63) is 35.6 Å². The van der Waals surface area contributed by atoms with Crippen molar-refractivity contribution < 1.29 is 12.8 Å². The molecule has 28 heavy (non-hydrogen) atoms. The summed E-state index contributed by atoms with van der Waals surface area (Å²) in [7, 11) is -3.16. The minimum atomic E-state index is -3.16. The molecule has 0 saturated carbocycles. The van der Waals surface area contributed by atoms with E-state index in [-0.39, 0.29) is 35.2 Å². The smallest absolute Gasteiger partial charge is 0.211 e. The van der Waals surface area contributed by atoms with Crippen LogP contribution in [-0.4, -0.2) is 57.7 Å². The van der Waals surface area contributed by atoms with E-state index in [1.807, 2.05) is 33.8 Å². The van der Waals surface area contributed by atoms with Crippen molar-refractivity contribution in [2.75, 3.05) is 39.0 Å². The molecule has 162 valence electrons. The van der Waals surface area contributed by atoms with Crippen LogP contribution in [0.1, 0.15) is 39.7 Å². The number of guanidine groups is 1. The van der Waals surface area contributed by atoms with Gasteiger partial charge in [0, 0.05) is 31.6 Å². The first-order valence-electron chi connectivity index (χ1n) is 9.33. The highest BCUT2D eigenvalue weighted by Gasteiger charge is 2.21. The average Bonchev–Trinajstić information content (AvgIpc) is 2.58. The van der Waals surface area contributed by atoms with Gasteiger partial charge >= 0.3 is 0 Å². The number of sulfonamides is 1. The molecule has 1 aromatic rings. The van der Waals surface area contributed by atoms with Crippen LogP contribution >= 0.6 is 24.0 Å². The lowest BCUT2D eigenvalue weighted by Gasteiger charge is -2.24. The lowest BCUT2D eigenvalue weighted by atomic mass is 9.85. The van der Waals surface area contributed by atoms with E-state index in [1.54, 1.807) is 12.1 Å². The molecular formula is C19H34FIN4O2S. The molecule has 0 aliphatic carbocycles. The van der Waals surface area contributed by atoms with Gasteiger partial charge in [0.15, 0.2) is 5.96 Å². The summed E-state index contributed by atoms with van der Waals surface area (Å²) in [5.74, 6) is 0.422. The number of hydrogen-bond acceptors (Lipinski definition) is 3. The van der Waals surface area contributed by atoms with E-state index < -0.39 is 10.0 Å². The number of nitrogens with one attached hydrogen (secondary N) is 2. The summed E-state index contributed by atoms with van der Waals surface area (Å²) >= 11 is 0. The Bertz CT molecular complexity index is 726. The number of benzene rings is 1. The molecule has 0 fully saturated rings. The Labute approximate surface area is 186 Å². The van der Waals surface area contributed by atoms with Gasteiger partial charge in [-0.1, -0.05) is 32.9 Å². The molecule has 0 aromatic heterocycles. The maximum Gasteiger partial charge on any atom is 0.211 e. The van der Waals surface area contributed by atoms with Crippen LogP contribution in [-0.2, 0) is 15.4 Å². The molecule has 0 saturated heterocycles. The maximum absolute atomic E-state index is 13.5. The molecule has 9 heteroatoms. The highest BCUT2D eigenvalue weighted by molar-refractivity contribution is 14.0. The van der Waals surface area contributed by atoms with Gasteiger partial charge in [-0.2, -0.15) is 0 Å². The number of halogens is 2. The van der Waals surface area contributed by atoms with E-state index in [4.69, 9.17) is 0 Å². The fourth-order valence-corrected chi connectivity index (χ4v) is 3.57. The predicted molar refractivity (Wildman–Crippen MR) is 126 cm³/mol. The zero-order chi connectivity index (χ0) is 20.5. The van der Waals surface area contributed by atoms with Gasteiger partial charge in [0.25, 0.3) is 0 Å². The summed E-state index contributed by atoms with van der Waals surface area (Å²) < 4.78 is 38.2. The molecule has 1 rings (SSSR count). The van der Waals surface area contributed by atoms with Crippen molar-refractivity contribution in [1.82, 2.24) is 14.9 Å². The van der Waals surface area contributed by atoms with Crippen LogP contribution in [0.5, 0.6) is 0 Å². The van der Waals surface area contributed by atoms with Crippen molar-refractivity contribution >= 4 is 40.0 Å². The van der Waals surface area contributed by atoms with E-state index in [0.717, 1.165) is 12.1 Å². The first-order chi connectivity index (χ1) is 12.6. The second-order valence-corrected chi connectivity index (χ2v) is 9.11. The van der Waals surface area contributed by atoms with E-state index in [1.165, 1.54) is 16.6 Å². The molecule has 0 radical (unpaired) electrons. The Balaban J connectivity index is 0.00000729. The summed E-state index contributed by atoms with van der Waals surface area (Å²) in [6.45, 7) is 10.6. The van der Waals surface area contributed by atoms with Gasteiger partial charge in [-0.05, 0) is 31.0 Å². The SMILES string of the molecule is CCNC(=NCC(C)(C)c1cccc(F)c1)NCCCN(CC)S(C)(=O)=O.I. The Morgan fingerprint density at radius 2 is 1.93 bits per heavy atom. The van der Waals surface area contributed by atoms with Crippen LogP contribution < -0.4 is 10.6 Å². The van der Waals surface area contributed by atoms with Gasteiger partial charge in [0.1, 0.15) is 5.82 Å². The molecule has 0 unspecified atom stereocenters. The Kier molecular flexibility index (Phi) is 12.2. The van der Waals surface area contributed by atoms with E-state index in [9.17, 15) is 12.8 Å². The maximum atomic E-state index is 13.5. The standard InChI is InChI=1S/C19H33FN4O2S.HI/c1-6-21-18(22-12-9-13-24(7-2)27(5,25)26)23-15-19(3,4)16-10-8-11-17(20)14-16;/h8,10-11,14H,6-7,9,12-13,15H2,1-5H3,(H2,21,22,23);1H. The van der Waals surface area contributed by atoms with Crippen LogP contribution in [0.3, 0.4) is 0 Å². The van der Waals surface area contributed by atoms with Gasteiger partial charge in [0.2, 0.25) is 10.0 Å². The summed E-state index contributed by atoms with van der Waals surface area (Å²) in [5, 5.41) is 6.41. The topological polar surface area (TPSA) is 73.8 Å². The molecule has 0 aliphatic rings. The second-order valence-electron chi connectivity index (χ2n) is 7.12. The zero-order valence-corrected chi connectivity index (χ0v) is 20.6. The number of aliphatic imine (C=N–C) groups is 1. The van der Waals surface area contributed by atoms with Crippen molar-refractivity contribution in [3.8, 4) is 0 Å². The van der Waals surface area contributed by atoms with E-state index >= 15 is 0 Å². The van der Waals surface area contributed by atoms with Crippen molar-refractivity contribution in [2.24, 2.45) is 4.99 Å². The molecule has 0 atom stereocenters. The van der Waals surface area contributed by atoms with Gasteiger partial charge in [-0.15, -0.1) is 24.0 Å². The highest BCUT2D eigenvalue weighted by Crippen LogP contribution is 2.24. The van der Waals surface area contributed by atoms with Gasteiger partial charge < -0.3 is 10.6 Å². The van der Waals surface area contributed by atoms with Crippen molar-refractivity contribution in [2.45, 2.75) is 39.5 Å². The number of nitrogens with zero attached hydrogens (tertiary/aromatic N) is 2. The second kappa shape index (κ2) is 12.6. The molecule has 0 bridgehead atoms. The Hall–Kier alpha value is -0.940. The van der Waals surface area contributed by atoms with Crippen LogP contribution in [0, 0.1) is 5.82 Å². The first-order valence-corrected chi connectivity index (χ1v) is 11.2. The molecule has 2 N–H and O–H groups in total. The zero-order valence-electron chi connectivity index (χ0n) is 17.5. The van der Waals surface area contributed by atoms with Crippen molar-refractivity contribution in [1.29, 1.82) is 0 Å². The largest absolute Gasteiger partial charge is 0.357 e. The summed E-state index contributed by atoms with van der Waals surface area (Å²) in [6.07, 6.45) is 1.91. The molecule has 0 amide bonds. The summed E-state index contributed by atoms with van der Waals surface area (Å²) in [5.41, 5.74) is 0.591. The van der Waals surface area contributed by atoms with Crippen LogP contribution in [0.25, 0.3) is 0 Å². The molecule has 0 spiro atoms. The average molecular weight is 528 g/mol. The third-order valence-corrected chi connectivity index (χ3v) is 5.66. The predicted octanol–water partition coefficient (Wildman–Crippen LogP) is 2.95. The quantitative estimate of drug-likeness (QED) is 0.212. The third-order valence-electron chi connectivity index (χ3n) is 4.28. The summed E-state index contributed by atoms with van der Waals surface area (Å²) in [4.78, 5) is 4.62. The van der Waals surface area contributed by atoms with Crippen LogP contribution in [0.4, 0.5) is 4.39 Å². The van der Waals surface area contributed by atoms with Crippen LogP contribution in [0.15, 0.2) is 29.3 Å². The normalized spacial score (nSPS) is 12.6. The van der Waals surface area contributed by atoms with Crippen LogP contribution in [0.2, 0.25) is 0 Å². The number of hydrogen-bond donors (Lipinski definition) is 2. The van der Waals surface area contributed by atoms with Crippen molar-refractivity contribution in [3.63, 3.8) is 0 Å². The monoisotopic (exact) mass is 528 g/mol. The molecule has 0 aliphatic heterocycles. The minimum Gasteiger partial charge on any atom is -0.357 e. The van der Waals surface area contributed by atoms with E-state index in [0.29, 0.717) is 38.6 Å². The number of rotatable bonds is 10. The fourth-order valence-electron chi connectivity index (χ4n) is 2.64. The fraction of sp³-hybridized carbons (Fsp3) is 0.632. The minimum absolute atomic E-state index is 0. The molecule has 1 aromatic carbocycles. The molecule has 0 heterocycles. The lowest BCUT2D eigenvalue weighted by molar-refractivity contribution is 0.424. The lowest BCUT2D eigenvalue weighted by Crippen LogP contribution is -2.40. The molecular weight excluding hydrogens is 494 g/mol. The van der Waals surface area contributed by atoms with Gasteiger partial charge in [-0.3, -0.25) is 4.99 Å². The first kappa shape index (κ1) is 27.1. The third kappa shape index (κ3) is 9.51. The highest BCUT2D eigenvalue weighted by atomic mass is 127.